The van der Waals surface area contributed by atoms with E-state index in [-0.39, 0.29) is 0 Å². The molecule has 1 aromatic carbocycles. The van der Waals surface area contributed by atoms with Crippen molar-refractivity contribution in [2.24, 2.45) is 0 Å². The predicted molar refractivity (Wildman–Crippen MR) is 72.1 cm³/mol. The van der Waals surface area contributed by atoms with Gasteiger partial charge in [-0.3, -0.25) is 0 Å². The predicted octanol–water partition coefficient (Wildman–Crippen LogP) is 4.45. The minimum absolute atomic E-state index is 0.391. The number of hydrogen-bond acceptors (Lipinski definition) is 1. The highest BCUT2D eigenvalue weighted by Crippen LogP contribution is 2.23. The van der Waals surface area contributed by atoms with E-state index in [0.717, 1.165) is 28.9 Å². The third-order valence-corrected chi connectivity index (χ3v) is 3.66. The van der Waals surface area contributed by atoms with E-state index in [1.807, 2.05) is 12.1 Å². The Bertz CT molecular complexity index is 317. The van der Waals surface area contributed by atoms with Crippen molar-refractivity contribution >= 4 is 43.5 Å². The van der Waals surface area contributed by atoms with Gasteiger partial charge in [-0.25, -0.2) is 0 Å². The summed E-state index contributed by atoms with van der Waals surface area (Å²) in [5, 5.41) is 0.821. The average Bonchev–Trinajstić information content (AvgIpc) is 2.17. The lowest BCUT2D eigenvalue weighted by Gasteiger charge is -2.09. The number of ether oxygens (including phenoxy) is 1. The molecule has 1 atom stereocenters. The zero-order chi connectivity index (χ0) is 11.3. The Kier molecular flexibility index (Phi) is 6.20. The van der Waals surface area contributed by atoms with E-state index in [0.29, 0.717) is 4.83 Å². The number of alkyl halides is 1. The number of aryl methyl sites for hydroxylation is 1. The fraction of sp³-hybridized carbons (Fsp3) is 0.455. The zero-order valence-electron chi connectivity index (χ0n) is 8.47. The number of hydrogen-bond donors (Lipinski definition) is 0. The van der Waals surface area contributed by atoms with Crippen LogP contribution >= 0.6 is 43.5 Å². The molecule has 0 saturated carbocycles. The van der Waals surface area contributed by atoms with Crippen LogP contribution < -0.4 is 0 Å². The zero-order valence-corrected chi connectivity index (χ0v) is 12.4. The molecule has 1 rings (SSSR count). The van der Waals surface area contributed by atoms with Gasteiger partial charge in [-0.2, -0.15) is 0 Å². The quantitative estimate of drug-likeness (QED) is 0.709. The van der Waals surface area contributed by atoms with Crippen LogP contribution in [0.3, 0.4) is 0 Å². The molecule has 0 amide bonds. The van der Waals surface area contributed by atoms with Crippen LogP contribution in [-0.4, -0.2) is 18.5 Å². The molecule has 0 spiro atoms. The SMILES string of the molecule is COCC(Br)CCc1ccc(Br)cc1Cl. The molecule has 0 radical (unpaired) electrons. The Labute approximate surface area is 112 Å². The lowest BCUT2D eigenvalue weighted by Crippen LogP contribution is -2.07. The van der Waals surface area contributed by atoms with Gasteiger partial charge in [0, 0.05) is 21.4 Å². The van der Waals surface area contributed by atoms with Crippen LogP contribution in [0.5, 0.6) is 0 Å². The Hall–Kier alpha value is 0.430. The van der Waals surface area contributed by atoms with Crippen LogP contribution in [0.2, 0.25) is 5.02 Å². The second-order valence-electron chi connectivity index (χ2n) is 3.33. The van der Waals surface area contributed by atoms with Gasteiger partial charge < -0.3 is 4.74 Å². The summed E-state index contributed by atoms with van der Waals surface area (Å²) in [6.07, 6.45) is 1.99. The fourth-order valence-corrected chi connectivity index (χ4v) is 2.56. The molecule has 0 heterocycles. The maximum Gasteiger partial charge on any atom is 0.0587 e. The minimum Gasteiger partial charge on any atom is -0.384 e. The second kappa shape index (κ2) is 6.89. The molecule has 0 saturated heterocycles. The van der Waals surface area contributed by atoms with Crippen molar-refractivity contribution in [3.05, 3.63) is 33.3 Å². The molecule has 1 aromatic rings. The fourth-order valence-electron chi connectivity index (χ4n) is 1.30. The number of halogens is 3. The molecule has 0 fully saturated rings. The highest BCUT2D eigenvalue weighted by molar-refractivity contribution is 9.10. The molecule has 0 aliphatic rings. The van der Waals surface area contributed by atoms with Crippen molar-refractivity contribution in [3.63, 3.8) is 0 Å². The van der Waals surface area contributed by atoms with Crippen molar-refractivity contribution in [1.82, 2.24) is 0 Å². The molecule has 0 bridgehead atoms. The molecule has 0 N–H and O–H groups in total. The molecule has 1 unspecified atom stereocenters. The van der Waals surface area contributed by atoms with Crippen LogP contribution in [0.15, 0.2) is 22.7 Å². The lowest BCUT2D eigenvalue weighted by molar-refractivity contribution is 0.198. The third-order valence-electron chi connectivity index (χ3n) is 2.09. The smallest absolute Gasteiger partial charge is 0.0587 e. The van der Waals surface area contributed by atoms with Crippen molar-refractivity contribution in [2.75, 3.05) is 13.7 Å². The maximum atomic E-state index is 6.11. The van der Waals surface area contributed by atoms with E-state index >= 15 is 0 Å². The summed E-state index contributed by atoms with van der Waals surface area (Å²) in [6.45, 7) is 0.730. The van der Waals surface area contributed by atoms with Gasteiger partial charge >= 0.3 is 0 Å². The molecular formula is C11H13Br2ClO. The van der Waals surface area contributed by atoms with E-state index in [4.69, 9.17) is 16.3 Å². The highest BCUT2D eigenvalue weighted by atomic mass is 79.9. The largest absolute Gasteiger partial charge is 0.384 e. The normalized spacial score (nSPS) is 12.8. The van der Waals surface area contributed by atoms with Gasteiger partial charge in [-0.15, -0.1) is 0 Å². The van der Waals surface area contributed by atoms with Gasteiger partial charge in [0.15, 0.2) is 0 Å². The van der Waals surface area contributed by atoms with Crippen LogP contribution in [0.4, 0.5) is 0 Å². The summed E-state index contributed by atoms with van der Waals surface area (Å²) in [5.41, 5.74) is 1.18. The molecular weight excluding hydrogens is 343 g/mol. The van der Waals surface area contributed by atoms with E-state index in [2.05, 4.69) is 37.9 Å². The Morgan fingerprint density at radius 2 is 2.20 bits per heavy atom. The van der Waals surface area contributed by atoms with Gasteiger partial charge in [-0.05, 0) is 30.5 Å². The number of benzene rings is 1. The Morgan fingerprint density at radius 1 is 1.47 bits per heavy atom. The topological polar surface area (TPSA) is 9.23 Å². The molecule has 84 valence electrons. The maximum absolute atomic E-state index is 6.11. The van der Waals surface area contributed by atoms with Gasteiger partial charge in [0.1, 0.15) is 0 Å². The van der Waals surface area contributed by atoms with E-state index in [9.17, 15) is 0 Å². The second-order valence-corrected chi connectivity index (χ2v) is 5.94. The Morgan fingerprint density at radius 3 is 2.80 bits per heavy atom. The van der Waals surface area contributed by atoms with Crippen LogP contribution in [-0.2, 0) is 11.2 Å². The summed E-state index contributed by atoms with van der Waals surface area (Å²) >= 11 is 13.1. The van der Waals surface area contributed by atoms with Gasteiger partial charge in [0.25, 0.3) is 0 Å². The molecule has 1 nitrogen and oxygen atoms in total. The standard InChI is InChI=1S/C11H13Br2ClO/c1-15-7-10(13)5-3-8-2-4-9(12)6-11(8)14/h2,4,6,10H,3,5,7H2,1H3. The molecule has 0 aliphatic carbocycles. The van der Waals surface area contributed by atoms with Gasteiger partial charge in [0.2, 0.25) is 0 Å². The monoisotopic (exact) mass is 354 g/mol. The van der Waals surface area contributed by atoms with Crippen LogP contribution in [0.25, 0.3) is 0 Å². The van der Waals surface area contributed by atoms with E-state index in [1.165, 1.54) is 5.56 Å². The summed E-state index contributed by atoms with van der Waals surface area (Å²) in [7, 11) is 1.71. The lowest BCUT2D eigenvalue weighted by atomic mass is 10.1. The van der Waals surface area contributed by atoms with Gasteiger partial charge in [0.05, 0.1) is 6.61 Å². The molecule has 4 heteroatoms. The van der Waals surface area contributed by atoms with Gasteiger partial charge in [-0.1, -0.05) is 49.5 Å². The molecule has 0 aliphatic heterocycles. The first kappa shape index (κ1) is 13.5. The summed E-state index contributed by atoms with van der Waals surface area (Å²) in [6, 6.07) is 6.00. The third kappa shape index (κ3) is 4.85. The van der Waals surface area contributed by atoms with Crippen molar-refractivity contribution < 1.29 is 4.74 Å². The van der Waals surface area contributed by atoms with Crippen molar-refractivity contribution in [1.29, 1.82) is 0 Å². The van der Waals surface area contributed by atoms with Crippen LogP contribution in [0.1, 0.15) is 12.0 Å². The average molecular weight is 356 g/mol. The summed E-state index contributed by atoms with van der Waals surface area (Å²) in [5.74, 6) is 0. The van der Waals surface area contributed by atoms with E-state index < -0.39 is 0 Å². The first-order valence-corrected chi connectivity index (χ1v) is 6.79. The molecule has 15 heavy (non-hydrogen) atoms. The van der Waals surface area contributed by atoms with Crippen LogP contribution in [0, 0.1) is 0 Å². The highest BCUT2D eigenvalue weighted by Gasteiger charge is 2.06. The molecule has 0 aromatic heterocycles. The Balaban J connectivity index is 2.50. The van der Waals surface area contributed by atoms with E-state index in [1.54, 1.807) is 7.11 Å². The summed E-state index contributed by atoms with van der Waals surface area (Å²) in [4.78, 5) is 0.391. The van der Waals surface area contributed by atoms with Crippen molar-refractivity contribution in [3.8, 4) is 0 Å². The minimum atomic E-state index is 0.391. The first-order valence-electron chi connectivity index (χ1n) is 4.70. The van der Waals surface area contributed by atoms with Crippen molar-refractivity contribution in [2.45, 2.75) is 17.7 Å². The first-order chi connectivity index (χ1) is 7.13. The number of rotatable bonds is 5. The number of methoxy groups -OCH3 is 1. The summed E-state index contributed by atoms with van der Waals surface area (Å²) < 4.78 is 6.07.